The van der Waals surface area contributed by atoms with Crippen LogP contribution in [0.3, 0.4) is 0 Å². The largest absolute Gasteiger partial charge is 0.377 e. The molecule has 4 rings (SSSR count). The Balaban J connectivity index is 1.44. The number of hydrogen-bond acceptors (Lipinski definition) is 5. The zero-order valence-electron chi connectivity index (χ0n) is 16.2. The van der Waals surface area contributed by atoms with Crippen LogP contribution in [0, 0.1) is 17.0 Å². The number of piperazine rings is 1. The molecule has 1 aliphatic carbocycles. The standard InChI is InChI=1S/C21H23ClN4O3/c1-14-2-3-15(12-18(14)22)21(27)25-10-8-24(9-11-25)17-6-7-20(26(28)29)19(13-17)23-16-4-5-16/h2-3,6-7,12-13,16,23H,4-5,8-11H2,1H3. The zero-order chi connectivity index (χ0) is 20.5. The average molecular weight is 415 g/mol. The zero-order valence-corrected chi connectivity index (χ0v) is 17.0. The molecule has 0 radical (unpaired) electrons. The summed E-state index contributed by atoms with van der Waals surface area (Å²) in [6, 6.07) is 10.9. The lowest BCUT2D eigenvalue weighted by molar-refractivity contribution is -0.384. The molecule has 29 heavy (non-hydrogen) atoms. The van der Waals surface area contributed by atoms with Gasteiger partial charge in [-0.2, -0.15) is 0 Å². The predicted octanol–water partition coefficient (Wildman–Crippen LogP) is 4.09. The molecule has 1 saturated heterocycles. The van der Waals surface area contributed by atoms with Crippen molar-refractivity contribution in [3.8, 4) is 0 Å². The first-order valence-corrected chi connectivity index (χ1v) is 10.2. The molecule has 0 atom stereocenters. The highest BCUT2D eigenvalue weighted by Crippen LogP contribution is 2.34. The summed E-state index contributed by atoms with van der Waals surface area (Å²) in [5.41, 5.74) is 3.15. The van der Waals surface area contributed by atoms with Crippen LogP contribution in [-0.4, -0.2) is 48.0 Å². The summed E-state index contributed by atoms with van der Waals surface area (Å²) >= 11 is 6.16. The van der Waals surface area contributed by atoms with Gasteiger partial charge in [-0.1, -0.05) is 17.7 Å². The second-order valence-corrected chi connectivity index (χ2v) is 8.03. The summed E-state index contributed by atoms with van der Waals surface area (Å²) in [4.78, 5) is 27.7. The number of aryl methyl sites for hydroxylation is 1. The van der Waals surface area contributed by atoms with Crippen molar-refractivity contribution < 1.29 is 9.72 Å². The molecular weight excluding hydrogens is 392 g/mol. The third-order valence-electron chi connectivity index (χ3n) is 5.46. The van der Waals surface area contributed by atoms with E-state index >= 15 is 0 Å². The number of carbonyl (C=O) groups excluding carboxylic acids is 1. The number of nitro groups is 1. The Morgan fingerprint density at radius 3 is 2.48 bits per heavy atom. The number of rotatable bonds is 5. The van der Waals surface area contributed by atoms with Gasteiger partial charge < -0.3 is 15.1 Å². The Kier molecular flexibility index (Phi) is 5.32. The Morgan fingerprint density at radius 1 is 1.14 bits per heavy atom. The first-order valence-electron chi connectivity index (χ1n) is 9.78. The highest BCUT2D eigenvalue weighted by molar-refractivity contribution is 6.31. The van der Waals surface area contributed by atoms with Crippen molar-refractivity contribution in [1.29, 1.82) is 0 Å². The maximum Gasteiger partial charge on any atom is 0.292 e. The molecule has 152 valence electrons. The number of nitro benzene ring substituents is 1. The first kappa shape index (κ1) is 19.5. The number of benzene rings is 2. The van der Waals surface area contributed by atoms with Crippen LogP contribution in [-0.2, 0) is 0 Å². The third kappa shape index (κ3) is 4.29. The fourth-order valence-corrected chi connectivity index (χ4v) is 3.70. The van der Waals surface area contributed by atoms with Gasteiger partial charge in [0.05, 0.1) is 4.92 Å². The van der Waals surface area contributed by atoms with Crippen molar-refractivity contribution in [2.75, 3.05) is 36.4 Å². The minimum atomic E-state index is -0.349. The summed E-state index contributed by atoms with van der Waals surface area (Å²) in [6.07, 6.45) is 2.09. The normalized spacial score (nSPS) is 16.6. The number of nitrogens with zero attached hydrogens (tertiary/aromatic N) is 3. The van der Waals surface area contributed by atoms with Gasteiger partial charge in [-0.15, -0.1) is 0 Å². The molecule has 1 heterocycles. The van der Waals surface area contributed by atoms with Gasteiger partial charge in [0, 0.05) is 54.6 Å². The second-order valence-electron chi connectivity index (χ2n) is 7.62. The van der Waals surface area contributed by atoms with E-state index in [0.29, 0.717) is 48.5 Å². The number of halogens is 1. The van der Waals surface area contributed by atoms with Crippen LogP contribution in [0.4, 0.5) is 17.1 Å². The molecule has 0 spiro atoms. The van der Waals surface area contributed by atoms with Crippen molar-refractivity contribution in [1.82, 2.24) is 4.90 Å². The molecule has 0 unspecified atom stereocenters. The van der Waals surface area contributed by atoms with E-state index < -0.39 is 0 Å². The van der Waals surface area contributed by atoms with Crippen molar-refractivity contribution in [3.05, 3.63) is 62.7 Å². The van der Waals surface area contributed by atoms with Crippen molar-refractivity contribution in [3.63, 3.8) is 0 Å². The Bertz CT molecular complexity index is 953. The summed E-state index contributed by atoms with van der Waals surface area (Å²) in [6.45, 7) is 4.43. The van der Waals surface area contributed by atoms with E-state index in [9.17, 15) is 14.9 Å². The van der Waals surface area contributed by atoms with Gasteiger partial charge >= 0.3 is 0 Å². The van der Waals surface area contributed by atoms with Gasteiger partial charge in [-0.3, -0.25) is 14.9 Å². The van der Waals surface area contributed by atoms with Crippen LogP contribution in [0.25, 0.3) is 0 Å². The van der Waals surface area contributed by atoms with E-state index in [1.165, 1.54) is 0 Å². The predicted molar refractivity (Wildman–Crippen MR) is 114 cm³/mol. The number of anilines is 2. The smallest absolute Gasteiger partial charge is 0.292 e. The summed E-state index contributed by atoms with van der Waals surface area (Å²) < 4.78 is 0. The number of nitrogens with one attached hydrogen (secondary N) is 1. The van der Waals surface area contributed by atoms with Crippen molar-refractivity contribution in [2.24, 2.45) is 0 Å². The van der Waals surface area contributed by atoms with Crippen LogP contribution < -0.4 is 10.2 Å². The number of hydrogen-bond donors (Lipinski definition) is 1. The molecule has 1 aliphatic heterocycles. The van der Waals surface area contributed by atoms with E-state index in [2.05, 4.69) is 10.2 Å². The lowest BCUT2D eigenvalue weighted by Gasteiger charge is -2.36. The van der Waals surface area contributed by atoms with Crippen molar-refractivity contribution >= 4 is 34.6 Å². The van der Waals surface area contributed by atoms with E-state index in [4.69, 9.17) is 11.6 Å². The van der Waals surface area contributed by atoms with Crippen LogP contribution in [0.5, 0.6) is 0 Å². The quantitative estimate of drug-likeness (QED) is 0.588. The van der Waals surface area contributed by atoms with Gasteiger partial charge in [0.1, 0.15) is 5.69 Å². The van der Waals surface area contributed by atoms with E-state index in [0.717, 1.165) is 24.1 Å². The van der Waals surface area contributed by atoms with Gasteiger partial charge in [0.15, 0.2) is 0 Å². The Hall–Kier alpha value is -2.80. The monoisotopic (exact) mass is 414 g/mol. The first-order chi connectivity index (χ1) is 13.9. The van der Waals surface area contributed by atoms with Gasteiger partial charge in [-0.25, -0.2) is 0 Å². The number of carbonyl (C=O) groups is 1. The van der Waals surface area contributed by atoms with Gasteiger partial charge in [0.25, 0.3) is 11.6 Å². The molecule has 1 N–H and O–H groups in total. The molecule has 8 heteroatoms. The van der Waals surface area contributed by atoms with Crippen molar-refractivity contribution in [2.45, 2.75) is 25.8 Å². The third-order valence-corrected chi connectivity index (χ3v) is 5.87. The molecule has 0 aromatic heterocycles. The van der Waals surface area contributed by atoms with E-state index in [1.807, 2.05) is 30.0 Å². The molecule has 2 aromatic rings. The molecule has 0 bridgehead atoms. The second kappa shape index (κ2) is 7.91. The van der Waals surface area contributed by atoms with Gasteiger partial charge in [-0.05, 0) is 49.6 Å². The molecule has 2 aliphatic rings. The topological polar surface area (TPSA) is 78.7 Å². The lowest BCUT2D eigenvalue weighted by atomic mass is 10.1. The lowest BCUT2D eigenvalue weighted by Crippen LogP contribution is -2.48. The van der Waals surface area contributed by atoms with Crippen LogP contribution >= 0.6 is 11.6 Å². The fourth-order valence-electron chi connectivity index (χ4n) is 3.52. The maximum absolute atomic E-state index is 12.8. The fraction of sp³-hybridized carbons (Fsp3) is 0.381. The highest BCUT2D eigenvalue weighted by atomic mass is 35.5. The molecule has 2 aromatic carbocycles. The van der Waals surface area contributed by atoms with E-state index in [1.54, 1.807) is 18.2 Å². The minimum Gasteiger partial charge on any atom is -0.377 e. The van der Waals surface area contributed by atoms with Crippen LogP contribution in [0.15, 0.2) is 36.4 Å². The molecule has 1 amide bonds. The van der Waals surface area contributed by atoms with Crippen LogP contribution in [0.2, 0.25) is 5.02 Å². The summed E-state index contributed by atoms with van der Waals surface area (Å²) in [7, 11) is 0. The average Bonchev–Trinajstić information content (AvgIpc) is 3.53. The molecule has 2 fully saturated rings. The molecule has 7 nitrogen and oxygen atoms in total. The summed E-state index contributed by atoms with van der Waals surface area (Å²) in [5.74, 6) is -0.0219. The SMILES string of the molecule is Cc1ccc(C(=O)N2CCN(c3ccc([N+](=O)[O-])c(NC4CC4)c3)CC2)cc1Cl. The summed E-state index contributed by atoms with van der Waals surface area (Å²) in [5, 5.41) is 15.2. The van der Waals surface area contributed by atoms with E-state index in [-0.39, 0.29) is 16.5 Å². The maximum atomic E-state index is 12.8. The van der Waals surface area contributed by atoms with Crippen LogP contribution in [0.1, 0.15) is 28.8 Å². The molecule has 1 saturated carbocycles. The number of amides is 1. The minimum absolute atomic E-state index is 0.0219. The molecular formula is C21H23ClN4O3. The van der Waals surface area contributed by atoms with Gasteiger partial charge in [0.2, 0.25) is 0 Å². The Labute approximate surface area is 174 Å². The Morgan fingerprint density at radius 2 is 1.86 bits per heavy atom. The highest BCUT2D eigenvalue weighted by Gasteiger charge is 2.27.